The first-order chi connectivity index (χ1) is 9.75. The summed E-state index contributed by atoms with van der Waals surface area (Å²) >= 11 is 7.42. The summed E-state index contributed by atoms with van der Waals surface area (Å²) < 4.78 is 14.7. The molecular formula is C16H22FIN2S. The van der Waals surface area contributed by atoms with Gasteiger partial charge in [0.05, 0.1) is 5.69 Å². The minimum atomic E-state index is -0.275. The molecule has 1 fully saturated rings. The molecule has 1 aromatic carbocycles. The van der Waals surface area contributed by atoms with Gasteiger partial charge in [-0.3, -0.25) is 0 Å². The average molecular weight is 420 g/mol. The summed E-state index contributed by atoms with van der Waals surface area (Å²) in [6.45, 7) is 6.88. The van der Waals surface area contributed by atoms with Crippen molar-refractivity contribution in [2.24, 2.45) is 11.3 Å². The second kappa shape index (κ2) is 6.77. The van der Waals surface area contributed by atoms with Gasteiger partial charge in [0.25, 0.3) is 0 Å². The van der Waals surface area contributed by atoms with Crippen molar-refractivity contribution in [3.63, 3.8) is 0 Å². The van der Waals surface area contributed by atoms with Gasteiger partial charge in [-0.1, -0.05) is 20.8 Å². The SMILES string of the molecule is C[C@@H]1C[C@@H](NC(=S)Nc2ccc(I)cc2F)CC(C)(C)C1. The van der Waals surface area contributed by atoms with E-state index in [0.717, 1.165) is 16.4 Å². The third-order valence-corrected chi connectivity index (χ3v) is 4.79. The number of hydrogen-bond acceptors (Lipinski definition) is 1. The van der Waals surface area contributed by atoms with Crippen LogP contribution in [0.2, 0.25) is 0 Å². The Hall–Kier alpha value is -0.430. The maximum Gasteiger partial charge on any atom is 0.171 e. The van der Waals surface area contributed by atoms with E-state index in [1.807, 2.05) is 6.07 Å². The van der Waals surface area contributed by atoms with E-state index < -0.39 is 0 Å². The van der Waals surface area contributed by atoms with Crippen molar-refractivity contribution in [3.05, 3.63) is 27.6 Å². The molecule has 1 aliphatic rings. The van der Waals surface area contributed by atoms with Crippen LogP contribution in [0.4, 0.5) is 10.1 Å². The van der Waals surface area contributed by atoms with E-state index in [1.165, 1.54) is 12.5 Å². The zero-order valence-corrected chi connectivity index (χ0v) is 15.6. The second-order valence-corrected chi connectivity index (χ2v) is 8.49. The van der Waals surface area contributed by atoms with Gasteiger partial charge < -0.3 is 10.6 Å². The highest BCUT2D eigenvalue weighted by Gasteiger charge is 2.32. The monoisotopic (exact) mass is 420 g/mol. The lowest BCUT2D eigenvalue weighted by Crippen LogP contribution is -2.44. The molecule has 1 aromatic rings. The summed E-state index contributed by atoms with van der Waals surface area (Å²) in [6.07, 6.45) is 3.45. The zero-order chi connectivity index (χ0) is 15.6. The first-order valence-electron chi connectivity index (χ1n) is 7.28. The number of hydrogen-bond donors (Lipinski definition) is 2. The average Bonchev–Trinajstić information content (AvgIpc) is 2.29. The van der Waals surface area contributed by atoms with Crippen molar-refractivity contribution in [3.8, 4) is 0 Å². The second-order valence-electron chi connectivity index (χ2n) is 6.83. The lowest BCUT2D eigenvalue weighted by atomic mass is 9.71. The Bertz CT molecular complexity index is 533. The van der Waals surface area contributed by atoms with Gasteiger partial charge in [0.15, 0.2) is 5.11 Å². The summed E-state index contributed by atoms with van der Waals surface area (Å²) in [7, 11) is 0. The molecule has 2 atom stereocenters. The molecule has 1 saturated carbocycles. The normalized spacial score (nSPS) is 24.4. The van der Waals surface area contributed by atoms with Gasteiger partial charge in [0.2, 0.25) is 0 Å². The van der Waals surface area contributed by atoms with Gasteiger partial charge in [0, 0.05) is 9.61 Å². The molecule has 2 nitrogen and oxygen atoms in total. The Morgan fingerprint density at radius 1 is 1.38 bits per heavy atom. The number of halogens is 2. The first-order valence-corrected chi connectivity index (χ1v) is 8.76. The quantitative estimate of drug-likeness (QED) is 0.524. The largest absolute Gasteiger partial charge is 0.360 e. The summed E-state index contributed by atoms with van der Waals surface area (Å²) in [4.78, 5) is 0. The van der Waals surface area contributed by atoms with Gasteiger partial charge in [-0.25, -0.2) is 4.39 Å². The Labute approximate surface area is 145 Å². The molecule has 0 amide bonds. The van der Waals surface area contributed by atoms with Crippen LogP contribution in [-0.4, -0.2) is 11.2 Å². The number of thiocarbonyl (C=S) groups is 1. The maximum absolute atomic E-state index is 13.8. The van der Waals surface area contributed by atoms with Gasteiger partial charge in [-0.05, 0) is 83.6 Å². The van der Waals surface area contributed by atoms with E-state index in [0.29, 0.717) is 28.2 Å². The molecule has 0 aromatic heterocycles. The Balaban J connectivity index is 1.95. The third-order valence-electron chi connectivity index (χ3n) is 3.90. The van der Waals surface area contributed by atoms with Crippen LogP contribution in [0.3, 0.4) is 0 Å². The molecule has 0 spiro atoms. The molecule has 5 heteroatoms. The molecule has 2 N–H and O–H groups in total. The Kier molecular flexibility index (Phi) is 5.46. The van der Waals surface area contributed by atoms with Crippen molar-refractivity contribution < 1.29 is 4.39 Å². The summed E-state index contributed by atoms with van der Waals surface area (Å²) in [6, 6.07) is 5.44. The highest BCUT2D eigenvalue weighted by Crippen LogP contribution is 2.38. The smallest absolute Gasteiger partial charge is 0.171 e. The van der Waals surface area contributed by atoms with Gasteiger partial charge in [0.1, 0.15) is 5.82 Å². The predicted molar refractivity (Wildman–Crippen MR) is 99.1 cm³/mol. The van der Waals surface area contributed by atoms with Crippen LogP contribution >= 0.6 is 34.8 Å². The molecule has 0 unspecified atom stereocenters. The van der Waals surface area contributed by atoms with E-state index in [-0.39, 0.29) is 5.82 Å². The standard InChI is InChI=1S/C16H22FIN2S/c1-10-6-12(9-16(2,3)8-10)19-15(21)20-14-5-4-11(18)7-13(14)17/h4-5,7,10,12H,6,8-9H2,1-3H3,(H2,19,20,21)/t10-,12-/m1/s1. The number of anilines is 1. The Morgan fingerprint density at radius 2 is 2.10 bits per heavy atom. The lowest BCUT2D eigenvalue weighted by molar-refractivity contribution is 0.162. The van der Waals surface area contributed by atoms with Crippen LogP contribution in [0, 0.1) is 20.7 Å². The van der Waals surface area contributed by atoms with Crippen molar-refractivity contribution in [1.82, 2.24) is 5.32 Å². The fraction of sp³-hybridized carbons (Fsp3) is 0.562. The highest BCUT2D eigenvalue weighted by atomic mass is 127. The van der Waals surface area contributed by atoms with Gasteiger partial charge >= 0.3 is 0 Å². The maximum atomic E-state index is 13.8. The van der Waals surface area contributed by atoms with Crippen LogP contribution < -0.4 is 10.6 Å². The fourth-order valence-electron chi connectivity index (χ4n) is 3.39. The molecule has 0 saturated heterocycles. The highest BCUT2D eigenvalue weighted by molar-refractivity contribution is 14.1. The number of nitrogens with one attached hydrogen (secondary N) is 2. The van der Waals surface area contributed by atoms with Crippen LogP contribution in [0.25, 0.3) is 0 Å². The van der Waals surface area contributed by atoms with Crippen molar-refractivity contribution in [1.29, 1.82) is 0 Å². The lowest BCUT2D eigenvalue weighted by Gasteiger charge is -2.39. The van der Waals surface area contributed by atoms with Crippen LogP contribution in [0.1, 0.15) is 40.0 Å². The molecule has 0 aliphatic heterocycles. The van der Waals surface area contributed by atoms with Gasteiger partial charge in [-0.2, -0.15) is 0 Å². The molecule has 2 rings (SSSR count). The zero-order valence-electron chi connectivity index (χ0n) is 12.7. The predicted octanol–water partition coefficient (Wildman–Crippen LogP) is 4.93. The van der Waals surface area contributed by atoms with Crippen molar-refractivity contribution in [2.75, 3.05) is 5.32 Å². The molecule has 116 valence electrons. The molecular weight excluding hydrogens is 398 g/mol. The number of rotatable bonds is 2. The summed E-state index contributed by atoms with van der Waals surface area (Å²) in [5, 5.41) is 6.82. The third kappa shape index (κ3) is 5.06. The van der Waals surface area contributed by atoms with Crippen LogP contribution in [0.15, 0.2) is 18.2 Å². The van der Waals surface area contributed by atoms with Crippen LogP contribution in [-0.2, 0) is 0 Å². The van der Waals surface area contributed by atoms with E-state index in [4.69, 9.17) is 12.2 Å². The summed E-state index contributed by atoms with van der Waals surface area (Å²) in [5.74, 6) is 0.410. The first kappa shape index (κ1) is 16.9. The minimum Gasteiger partial charge on any atom is -0.360 e. The van der Waals surface area contributed by atoms with Crippen LogP contribution in [0.5, 0.6) is 0 Å². The molecule has 0 heterocycles. The molecule has 21 heavy (non-hydrogen) atoms. The Morgan fingerprint density at radius 3 is 2.71 bits per heavy atom. The van der Waals surface area contributed by atoms with Crippen molar-refractivity contribution in [2.45, 2.75) is 46.1 Å². The summed E-state index contributed by atoms with van der Waals surface area (Å²) in [5.41, 5.74) is 0.759. The number of benzene rings is 1. The van der Waals surface area contributed by atoms with Crippen molar-refractivity contribution >= 4 is 45.6 Å². The topological polar surface area (TPSA) is 24.1 Å². The molecule has 1 aliphatic carbocycles. The molecule has 0 bridgehead atoms. The fourth-order valence-corrected chi connectivity index (χ4v) is 4.12. The molecule has 0 radical (unpaired) electrons. The van der Waals surface area contributed by atoms with E-state index >= 15 is 0 Å². The van der Waals surface area contributed by atoms with Gasteiger partial charge in [-0.15, -0.1) is 0 Å². The van der Waals surface area contributed by atoms with E-state index in [1.54, 1.807) is 6.07 Å². The minimum absolute atomic E-state index is 0.275. The van der Waals surface area contributed by atoms with E-state index in [2.05, 4.69) is 54.0 Å². The van der Waals surface area contributed by atoms with E-state index in [9.17, 15) is 4.39 Å².